The summed E-state index contributed by atoms with van der Waals surface area (Å²) in [7, 11) is 0. The highest BCUT2D eigenvalue weighted by molar-refractivity contribution is 5.50. The molecule has 0 fully saturated rings. The highest BCUT2D eigenvalue weighted by atomic mass is 19.1. The smallest absolute Gasteiger partial charge is 0.129 e. The minimum absolute atomic E-state index is 0.475. The Hall–Kier alpha value is -5.13. The van der Waals surface area contributed by atoms with Gasteiger partial charge >= 0.3 is 0 Å². The van der Waals surface area contributed by atoms with Crippen LogP contribution in [0, 0.1) is 145 Å². The molecule has 52 heavy (non-hydrogen) atoms. The molecule has 0 unspecified atom stereocenters. The van der Waals surface area contributed by atoms with Gasteiger partial charge in [-0.1, -0.05) is 29.8 Å². The summed E-state index contributed by atoms with van der Waals surface area (Å²) in [6.07, 6.45) is 0. The number of hydrogen-bond donors (Lipinski definition) is 0. The fourth-order valence-electron chi connectivity index (χ4n) is 5.38. The van der Waals surface area contributed by atoms with Crippen LogP contribution in [0.5, 0.6) is 0 Å². The van der Waals surface area contributed by atoms with E-state index in [2.05, 4.69) is 104 Å². The van der Waals surface area contributed by atoms with Crippen molar-refractivity contribution >= 4 is 0 Å². The Morgan fingerprint density at radius 3 is 1.44 bits per heavy atom. The number of hydrogen-bond acceptors (Lipinski definition) is 3. The number of nitriles is 2. The zero-order chi connectivity index (χ0) is 40.0. The third-order valence-corrected chi connectivity index (χ3v) is 9.65. The molecule has 3 nitrogen and oxygen atoms in total. The number of aryl methyl sites for hydroxylation is 11. The highest BCUT2D eigenvalue weighted by Crippen LogP contribution is 2.20. The monoisotopic (exact) mass is 701 g/mol. The number of benzene rings is 4. The Morgan fingerprint density at radius 2 is 0.962 bits per heavy atom. The first-order valence-electron chi connectivity index (χ1n) is 17.5. The second kappa shape index (κ2) is 20.7. The fraction of sp³-hybridized carbons (Fsp3) is 0.340. The van der Waals surface area contributed by atoms with Crippen molar-refractivity contribution in [1.29, 1.82) is 10.5 Å². The van der Waals surface area contributed by atoms with Crippen molar-refractivity contribution < 1.29 is 8.78 Å². The molecule has 1 heterocycles. The van der Waals surface area contributed by atoms with E-state index in [1.54, 1.807) is 13.8 Å². The van der Waals surface area contributed by atoms with Crippen molar-refractivity contribution in [2.24, 2.45) is 0 Å². The third kappa shape index (κ3) is 13.5. The summed E-state index contributed by atoms with van der Waals surface area (Å²) < 4.78 is 25.0. The molecule has 0 aliphatic rings. The van der Waals surface area contributed by atoms with E-state index in [4.69, 9.17) is 10.5 Å². The van der Waals surface area contributed by atoms with Crippen LogP contribution in [-0.4, -0.2) is 4.98 Å². The average Bonchev–Trinajstić information content (AvgIpc) is 3.06. The van der Waals surface area contributed by atoms with Crippen LogP contribution in [0.4, 0.5) is 8.78 Å². The van der Waals surface area contributed by atoms with Crippen molar-refractivity contribution in [3.63, 3.8) is 0 Å². The van der Waals surface area contributed by atoms with Gasteiger partial charge in [0.05, 0.1) is 23.3 Å². The van der Waals surface area contributed by atoms with Crippen LogP contribution < -0.4 is 0 Å². The lowest BCUT2D eigenvalue weighted by molar-refractivity contribution is 0.575. The molecule has 0 bridgehead atoms. The molecule has 4 aromatic carbocycles. The normalized spacial score (nSPS) is 9.69. The van der Waals surface area contributed by atoms with Crippen LogP contribution >= 0.6 is 0 Å². The van der Waals surface area contributed by atoms with Crippen molar-refractivity contribution in [2.75, 3.05) is 0 Å². The molecule has 0 spiro atoms. The van der Waals surface area contributed by atoms with Gasteiger partial charge in [-0.15, -0.1) is 0 Å². The lowest BCUT2D eigenvalue weighted by Gasteiger charge is -2.08. The molecule has 0 saturated heterocycles. The van der Waals surface area contributed by atoms with E-state index in [-0.39, 0.29) is 0 Å². The minimum Gasteiger partial charge on any atom is -0.258 e. The van der Waals surface area contributed by atoms with Gasteiger partial charge in [-0.3, -0.25) is 4.98 Å². The first-order valence-corrected chi connectivity index (χ1v) is 17.5. The Balaban J connectivity index is 0.000000326. The van der Waals surface area contributed by atoms with Gasteiger partial charge in [0, 0.05) is 17.5 Å². The highest BCUT2D eigenvalue weighted by Gasteiger charge is 2.06. The summed E-state index contributed by atoms with van der Waals surface area (Å²) in [5.41, 5.74) is 20.3. The third-order valence-electron chi connectivity index (χ3n) is 9.65. The van der Waals surface area contributed by atoms with Crippen LogP contribution in [-0.2, 0) is 0 Å². The first-order chi connectivity index (χ1) is 24.1. The van der Waals surface area contributed by atoms with E-state index < -0.39 is 11.6 Å². The minimum atomic E-state index is -0.513. The molecular formula is C47H57F2N3. The molecule has 0 N–H and O–H groups in total. The van der Waals surface area contributed by atoms with Gasteiger partial charge in [0.25, 0.3) is 0 Å². The number of aromatic nitrogens is 1. The standard InChI is InChI=1S/C11H13N.C10H14.C9H13N.C9H9N.C8H8F2/c1-7-5-8(2)11(6-12)10(4)9(7)3;1-7-5-8(2)10(4)9(3)6-7;1-6-5-7(2)10-9(4)8(6)3;1-7-3-4-9(6-10)5-8(7)2;1-5-3-7(9)4-8(10)6(5)2/h5H,1-4H3;5-6H,1-4H3;5H,1-4H3;3-5H,1-2H3;3-4H,1-2H3. The van der Waals surface area contributed by atoms with Crippen LogP contribution in [0.3, 0.4) is 0 Å². The quantitative estimate of drug-likeness (QED) is 0.161. The van der Waals surface area contributed by atoms with Gasteiger partial charge < -0.3 is 0 Å². The predicted molar refractivity (Wildman–Crippen MR) is 215 cm³/mol. The first kappa shape index (κ1) is 44.9. The van der Waals surface area contributed by atoms with Gasteiger partial charge in [0.2, 0.25) is 0 Å². The Morgan fingerprint density at radius 1 is 0.442 bits per heavy atom. The maximum absolute atomic E-state index is 12.6. The van der Waals surface area contributed by atoms with Gasteiger partial charge in [-0.05, 0) is 207 Å². The SMILES string of the molecule is Cc1cc(C)c(C#N)c(C)c1C.Cc1cc(C)c(C)c(C)c1.Cc1cc(C)c(C)c(C)n1.Cc1cc(F)cc(F)c1C.Cc1ccc(C#N)cc1C. The van der Waals surface area contributed by atoms with Crippen LogP contribution in [0.2, 0.25) is 0 Å². The summed E-state index contributed by atoms with van der Waals surface area (Å²) in [4.78, 5) is 4.33. The Bertz CT molecular complexity index is 1890. The van der Waals surface area contributed by atoms with Gasteiger partial charge in [0.15, 0.2) is 0 Å². The molecule has 5 aromatic rings. The second-order valence-corrected chi connectivity index (χ2v) is 13.8. The van der Waals surface area contributed by atoms with E-state index >= 15 is 0 Å². The Kier molecular flexibility index (Phi) is 17.8. The van der Waals surface area contributed by atoms with Crippen molar-refractivity contribution in [1.82, 2.24) is 4.98 Å². The molecule has 0 amide bonds. The largest absolute Gasteiger partial charge is 0.258 e. The molecule has 0 radical (unpaired) electrons. The molecule has 5 heteroatoms. The topological polar surface area (TPSA) is 60.5 Å². The lowest BCUT2D eigenvalue weighted by atomic mass is 9.95. The van der Waals surface area contributed by atoms with Gasteiger partial charge in [-0.2, -0.15) is 10.5 Å². The lowest BCUT2D eigenvalue weighted by Crippen LogP contribution is -1.94. The number of nitrogens with zero attached hydrogens (tertiary/aromatic N) is 3. The summed E-state index contributed by atoms with van der Waals surface area (Å²) in [5.74, 6) is -0.988. The molecular weight excluding hydrogens is 645 g/mol. The molecule has 0 aliphatic carbocycles. The molecule has 5 rings (SSSR count). The molecule has 274 valence electrons. The van der Waals surface area contributed by atoms with Crippen LogP contribution in [0.15, 0.2) is 54.6 Å². The van der Waals surface area contributed by atoms with Crippen molar-refractivity contribution in [2.45, 2.75) is 111 Å². The number of rotatable bonds is 0. The van der Waals surface area contributed by atoms with E-state index in [1.807, 2.05) is 52.8 Å². The molecule has 0 aliphatic heterocycles. The van der Waals surface area contributed by atoms with Gasteiger partial charge in [0.1, 0.15) is 11.6 Å². The van der Waals surface area contributed by atoms with E-state index in [0.717, 1.165) is 39.7 Å². The fourth-order valence-corrected chi connectivity index (χ4v) is 5.38. The van der Waals surface area contributed by atoms with Crippen molar-refractivity contribution in [3.8, 4) is 12.1 Å². The summed E-state index contributed by atoms with van der Waals surface area (Å²) in [5, 5.41) is 17.4. The molecule has 1 aromatic heterocycles. The van der Waals surface area contributed by atoms with Crippen LogP contribution in [0.1, 0.15) is 100 Å². The average molecular weight is 702 g/mol. The van der Waals surface area contributed by atoms with E-state index in [0.29, 0.717) is 11.1 Å². The molecule has 0 atom stereocenters. The van der Waals surface area contributed by atoms with Gasteiger partial charge in [-0.25, -0.2) is 8.78 Å². The zero-order valence-electron chi connectivity index (χ0n) is 34.3. The Labute approximate surface area is 313 Å². The van der Waals surface area contributed by atoms with E-state index in [9.17, 15) is 8.78 Å². The maximum atomic E-state index is 12.6. The maximum Gasteiger partial charge on any atom is 0.129 e. The van der Waals surface area contributed by atoms with Crippen LogP contribution in [0.25, 0.3) is 0 Å². The van der Waals surface area contributed by atoms with Crippen molar-refractivity contribution in [3.05, 3.63) is 167 Å². The predicted octanol–water partition coefficient (Wildman–Crippen LogP) is 12.8. The number of pyridine rings is 1. The summed E-state index contributed by atoms with van der Waals surface area (Å²) in [6, 6.07) is 20.9. The van der Waals surface area contributed by atoms with E-state index in [1.165, 1.54) is 61.7 Å². The summed E-state index contributed by atoms with van der Waals surface area (Å²) >= 11 is 0. The second-order valence-electron chi connectivity index (χ2n) is 13.8. The summed E-state index contributed by atoms with van der Waals surface area (Å²) in [6.45, 7) is 32.4. The molecule has 0 saturated carbocycles. The zero-order valence-corrected chi connectivity index (χ0v) is 34.3. The number of halogens is 2.